The van der Waals surface area contributed by atoms with Crippen molar-refractivity contribution in [3.05, 3.63) is 13.2 Å². The quantitative estimate of drug-likeness (QED) is 0.346. The Morgan fingerprint density at radius 2 is 1.77 bits per heavy atom. The number of hydrogen-bond acceptors (Lipinski definition) is 4. The maximum atomic E-state index is 10.3. The van der Waals surface area contributed by atoms with Crippen molar-refractivity contribution in [2.24, 2.45) is 11.5 Å². The van der Waals surface area contributed by atoms with E-state index in [1.807, 2.05) is 6.92 Å². The van der Waals surface area contributed by atoms with Gasteiger partial charge in [-0.2, -0.15) is 8.42 Å². The van der Waals surface area contributed by atoms with Gasteiger partial charge >= 0.3 is 0 Å². The summed E-state index contributed by atoms with van der Waals surface area (Å²) in [5.74, 6) is -0.589. The molecule has 0 fully saturated rings. The Labute approximate surface area is 79.6 Å². The molecule has 6 heteroatoms. The molecule has 0 aromatic carbocycles. The Morgan fingerprint density at radius 1 is 1.38 bits per heavy atom. The van der Waals surface area contributed by atoms with Crippen LogP contribution in [0.1, 0.15) is 19.8 Å². The molecule has 0 amide bonds. The molecule has 0 aliphatic carbocycles. The largest absolute Gasteiger partial charge is 0.313 e. The number of rotatable bonds is 4. The van der Waals surface area contributed by atoms with Crippen LogP contribution in [0.25, 0.3) is 0 Å². The third kappa shape index (κ3) is 11.6. The van der Waals surface area contributed by atoms with Crippen molar-refractivity contribution in [1.82, 2.24) is 0 Å². The first kappa shape index (κ1) is 15.1. The molecule has 0 saturated heterocycles. The van der Waals surface area contributed by atoms with Crippen LogP contribution in [0.3, 0.4) is 0 Å². The molecule has 5 nitrogen and oxygen atoms in total. The van der Waals surface area contributed by atoms with Crippen LogP contribution < -0.4 is 11.5 Å². The summed E-state index contributed by atoms with van der Waals surface area (Å²) in [6, 6.07) is 0. The summed E-state index contributed by atoms with van der Waals surface area (Å²) in [6.45, 7) is 7.83. The predicted molar refractivity (Wildman–Crippen MR) is 53.7 cm³/mol. The van der Waals surface area contributed by atoms with Crippen molar-refractivity contribution >= 4 is 10.1 Å². The standard InChI is InChI=1S/C5H14N2O3S.C2H4/c1-2-3-5(6,7)4-11(8,9)10;1-2/h2-4,6-7H2,1H3,(H,8,9,10);1-2H2. The van der Waals surface area contributed by atoms with E-state index in [0.29, 0.717) is 12.8 Å². The fourth-order valence-corrected chi connectivity index (χ4v) is 1.70. The summed E-state index contributed by atoms with van der Waals surface area (Å²) in [4.78, 5) is 0. The molecule has 0 atom stereocenters. The van der Waals surface area contributed by atoms with Crippen LogP contribution in [0.2, 0.25) is 0 Å². The molecule has 13 heavy (non-hydrogen) atoms. The van der Waals surface area contributed by atoms with Gasteiger partial charge in [-0.05, 0) is 6.42 Å². The van der Waals surface area contributed by atoms with E-state index >= 15 is 0 Å². The zero-order valence-corrected chi connectivity index (χ0v) is 8.68. The van der Waals surface area contributed by atoms with Gasteiger partial charge in [-0.25, -0.2) is 0 Å². The van der Waals surface area contributed by atoms with E-state index in [9.17, 15) is 8.42 Å². The molecular formula is C7H18N2O3S. The first-order valence-electron chi connectivity index (χ1n) is 3.80. The fourth-order valence-electron chi connectivity index (χ4n) is 0.877. The lowest BCUT2D eigenvalue weighted by molar-refractivity contribution is 0.414. The summed E-state index contributed by atoms with van der Waals surface area (Å²) >= 11 is 0. The molecule has 80 valence electrons. The fraction of sp³-hybridized carbons (Fsp3) is 0.714. The second-order valence-electron chi connectivity index (χ2n) is 2.71. The second-order valence-corrected chi connectivity index (χ2v) is 4.16. The van der Waals surface area contributed by atoms with Crippen molar-refractivity contribution in [2.75, 3.05) is 5.75 Å². The molecule has 0 aliphatic rings. The first-order valence-corrected chi connectivity index (χ1v) is 5.41. The van der Waals surface area contributed by atoms with Crippen molar-refractivity contribution in [2.45, 2.75) is 25.4 Å². The molecule has 0 bridgehead atoms. The van der Waals surface area contributed by atoms with Crippen molar-refractivity contribution in [1.29, 1.82) is 0 Å². The molecule has 0 saturated carbocycles. The zero-order chi connectivity index (χ0) is 11.1. The van der Waals surface area contributed by atoms with Crippen LogP contribution in [0.5, 0.6) is 0 Å². The Bertz CT molecular complexity index is 224. The minimum atomic E-state index is -4.05. The van der Waals surface area contributed by atoms with Crippen LogP contribution >= 0.6 is 0 Å². The maximum absolute atomic E-state index is 10.3. The maximum Gasteiger partial charge on any atom is 0.268 e. The van der Waals surface area contributed by atoms with E-state index < -0.39 is 21.5 Å². The Hall–Kier alpha value is -0.430. The highest BCUT2D eigenvalue weighted by Gasteiger charge is 2.24. The normalized spacial score (nSPS) is 11.7. The molecule has 0 aliphatic heterocycles. The highest BCUT2D eigenvalue weighted by Crippen LogP contribution is 2.04. The third-order valence-electron chi connectivity index (χ3n) is 1.17. The molecule has 0 aromatic rings. The molecule has 0 rings (SSSR count). The van der Waals surface area contributed by atoms with Gasteiger partial charge in [0.1, 0.15) is 5.75 Å². The van der Waals surface area contributed by atoms with Gasteiger partial charge in [0.05, 0.1) is 5.66 Å². The van der Waals surface area contributed by atoms with Crippen molar-refractivity contribution in [3.8, 4) is 0 Å². The van der Waals surface area contributed by atoms with Crippen LogP contribution in [0.15, 0.2) is 13.2 Å². The summed E-state index contributed by atoms with van der Waals surface area (Å²) in [7, 11) is -4.05. The molecule has 0 radical (unpaired) electrons. The van der Waals surface area contributed by atoms with Crippen molar-refractivity contribution in [3.63, 3.8) is 0 Å². The molecule has 0 unspecified atom stereocenters. The minimum absolute atomic E-state index is 0.368. The van der Waals surface area contributed by atoms with Crippen LogP contribution in [-0.4, -0.2) is 24.4 Å². The van der Waals surface area contributed by atoms with Crippen LogP contribution in [0.4, 0.5) is 0 Å². The SMILES string of the molecule is C=C.CCCC(N)(N)CS(=O)(=O)O. The van der Waals surface area contributed by atoms with E-state index in [1.54, 1.807) is 0 Å². The minimum Gasteiger partial charge on any atom is -0.313 e. The molecule has 5 N–H and O–H groups in total. The molecule has 0 heterocycles. The Morgan fingerprint density at radius 3 is 2.00 bits per heavy atom. The lowest BCUT2D eigenvalue weighted by atomic mass is 10.1. The van der Waals surface area contributed by atoms with Gasteiger partial charge < -0.3 is 11.5 Å². The van der Waals surface area contributed by atoms with E-state index in [0.717, 1.165) is 0 Å². The van der Waals surface area contributed by atoms with Crippen LogP contribution in [-0.2, 0) is 10.1 Å². The van der Waals surface area contributed by atoms with Gasteiger partial charge in [-0.15, -0.1) is 13.2 Å². The predicted octanol–water partition coefficient (Wildman–Crippen LogP) is 0.0902. The monoisotopic (exact) mass is 210 g/mol. The van der Waals surface area contributed by atoms with Gasteiger partial charge in [0.15, 0.2) is 0 Å². The summed E-state index contributed by atoms with van der Waals surface area (Å²) in [5, 5.41) is 0. The van der Waals surface area contributed by atoms with Crippen molar-refractivity contribution < 1.29 is 13.0 Å². The first-order chi connectivity index (χ1) is 5.77. The lowest BCUT2D eigenvalue weighted by Crippen LogP contribution is -2.54. The summed E-state index contributed by atoms with van der Waals surface area (Å²) in [5.41, 5.74) is 9.40. The zero-order valence-electron chi connectivity index (χ0n) is 7.86. The third-order valence-corrected chi connectivity index (χ3v) is 2.07. The van der Waals surface area contributed by atoms with Gasteiger partial charge in [-0.1, -0.05) is 13.3 Å². The Balaban J connectivity index is 0. The Kier molecular flexibility index (Phi) is 7.05. The highest BCUT2D eigenvalue weighted by atomic mass is 32.2. The van der Waals surface area contributed by atoms with Crippen LogP contribution in [0, 0.1) is 0 Å². The molecule has 0 spiro atoms. The second kappa shape index (κ2) is 6.09. The van der Waals surface area contributed by atoms with Gasteiger partial charge in [0.2, 0.25) is 0 Å². The highest BCUT2D eigenvalue weighted by molar-refractivity contribution is 7.85. The number of nitrogens with two attached hydrogens (primary N) is 2. The number of hydrogen-bond donors (Lipinski definition) is 3. The topological polar surface area (TPSA) is 106 Å². The molecule has 0 aromatic heterocycles. The van der Waals surface area contributed by atoms with Gasteiger partial charge in [0.25, 0.3) is 10.1 Å². The average Bonchev–Trinajstić information content (AvgIpc) is 1.85. The average molecular weight is 210 g/mol. The van der Waals surface area contributed by atoms with Gasteiger partial charge in [-0.3, -0.25) is 4.55 Å². The van der Waals surface area contributed by atoms with E-state index in [1.165, 1.54) is 0 Å². The summed E-state index contributed by atoms with van der Waals surface area (Å²) < 4.78 is 29.0. The summed E-state index contributed by atoms with van der Waals surface area (Å²) in [6.07, 6.45) is 1.05. The van der Waals surface area contributed by atoms with E-state index in [-0.39, 0.29) is 0 Å². The van der Waals surface area contributed by atoms with E-state index in [4.69, 9.17) is 16.0 Å². The molecular weight excluding hydrogens is 192 g/mol. The van der Waals surface area contributed by atoms with Gasteiger partial charge in [0, 0.05) is 0 Å². The van der Waals surface area contributed by atoms with E-state index in [2.05, 4.69) is 13.2 Å². The smallest absolute Gasteiger partial charge is 0.268 e. The lowest BCUT2D eigenvalue weighted by Gasteiger charge is -2.21.